The lowest BCUT2D eigenvalue weighted by Crippen LogP contribution is -2.35. The summed E-state index contributed by atoms with van der Waals surface area (Å²) in [4.78, 5) is 38.9. The van der Waals surface area contributed by atoms with Gasteiger partial charge >= 0.3 is 0 Å². The van der Waals surface area contributed by atoms with Gasteiger partial charge < -0.3 is 15.5 Å². The highest BCUT2D eigenvalue weighted by atomic mass is 16.2. The van der Waals surface area contributed by atoms with Gasteiger partial charge in [-0.25, -0.2) is 0 Å². The van der Waals surface area contributed by atoms with E-state index in [9.17, 15) is 14.4 Å². The highest BCUT2D eigenvalue weighted by molar-refractivity contribution is 5.97. The number of nitrogens with zero attached hydrogens (tertiary/aromatic N) is 3. The van der Waals surface area contributed by atoms with Crippen LogP contribution in [0.2, 0.25) is 0 Å². The van der Waals surface area contributed by atoms with Gasteiger partial charge in [-0.3, -0.25) is 19.1 Å². The third-order valence-electron chi connectivity index (χ3n) is 6.22. The molecule has 0 aromatic carbocycles. The first-order chi connectivity index (χ1) is 13.6. The minimum Gasteiger partial charge on any atom is -0.352 e. The first kappa shape index (κ1) is 19.0. The summed E-state index contributed by atoms with van der Waals surface area (Å²) in [5, 5.41) is 10.0. The molecule has 8 nitrogen and oxygen atoms in total. The van der Waals surface area contributed by atoms with E-state index in [0.717, 1.165) is 25.7 Å². The number of aromatic nitrogens is 2. The van der Waals surface area contributed by atoms with Crippen molar-refractivity contribution in [2.24, 2.45) is 5.92 Å². The van der Waals surface area contributed by atoms with E-state index in [2.05, 4.69) is 15.7 Å². The maximum absolute atomic E-state index is 12.6. The zero-order valence-corrected chi connectivity index (χ0v) is 16.2. The summed E-state index contributed by atoms with van der Waals surface area (Å²) in [5.74, 6) is -0.432. The van der Waals surface area contributed by atoms with E-state index in [4.69, 9.17) is 0 Å². The molecule has 3 aliphatic rings. The highest BCUT2D eigenvalue weighted by Crippen LogP contribution is 2.30. The molecule has 152 valence electrons. The molecule has 2 aliphatic carbocycles. The van der Waals surface area contributed by atoms with E-state index in [1.807, 2.05) is 4.90 Å². The van der Waals surface area contributed by atoms with Crippen LogP contribution in [0.1, 0.15) is 57.8 Å². The van der Waals surface area contributed by atoms with E-state index in [1.165, 1.54) is 30.4 Å². The van der Waals surface area contributed by atoms with Crippen molar-refractivity contribution in [1.29, 1.82) is 0 Å². The number of amides is 3. The quantitative estimate of drug-likeness (QED) is 0.776. The number of rotatable bonds is 6. The molecule has 1 aliphatic heterocycles. The normalized spacial score (nSPS) is 23.5. The Labute approximate surface area is 165 Å². The van der Waals surface area contributed by atoms with Gasteiger partial charge in [-0.2, -0.15) is 5.10 Å². The Bertz CT molecular complexity index is 734. The van der Waals surface area contributed by atoms with Gasteiger partial charge in [-0.1, -0.05) is 25.7 Å². The Hall–Kier alpha value is -2.38. The second-order valence-corrected chi connectivity index (χ2v) is 8.35. The van der Waals surface area contributed by atoms with Crippen molar-refractivity contribution in [3.63, 3.8) is 0 Å². The molecule has 1 saturated heterocycles. The first-order valence-electron chi connectivity index (χ1n) is 10.5. The van der Waals surface area contributed by atoms with Gasteiger partial charge in [-0.05, 0) is 25.7 Å². The Morgan fingerprint density at radius 1 is 1.11 bits per heavy atom. The van der Waals surface area contributed by atoms with Crippen molar-refractivity contribution < 1.29 is 14.4 Å². The van der Waals surface area contributed by atoms with Gasteiger partial charge in [0, 0.05) is 31.2 Å². The fourth-order valence-corrected chi connectivity index (χ4v) is 4.73. The van der Waals surface area contributed by atoms with Crippen LogP contribution in [0.25, 0.3) is 0 Å². The molecule has 2 N–H and O–H groups in total. The average Bonchev–Trinajstić information content (AvgIpc) is 3.42. The summed E-state index contributed by atoms with van der Waals surface area (Å²) in [5.41, 5.74) is 0.561. The fraction of sp³-hybridized carbons (Fsp3) is 0.700. The van der Waals surface area contributed by atoms with Crippen molar-refractivity contribution >= 4 is 23.4 Å². The average molecular weight is 387 g/mol. The lowest BCUT2D eigenvalue weighted by molar-refractivity contribution is -0.130. The molecule has 1 atom stereocenters. The number of carbonyl (C=O) groups excluding carboxylic acids is 3. The standard InChI is InChI=1S/C20H29N5O3/c26-18(22-15-5-1-2-6-15)13-24-12-16(10-21-24)23-20(28)14-9-19(27)25(11-14)17-7-3-4-8-17/h10,12,14-15,17H,1-9,11,13H2,(H,22,26)(H,23,28). The van der Waals surface area contributed by atoms with Crippen LogP contribution in [0.5, 0.6) is 0 Å². The van der Waals surface area contributed by atoms with Gasteiger partial charge in [0.1, 0.15) is 6.54 Å². The number of nitrogens with one attached hydrogen (secondary N) is 2. The Morgan fingerprint density at radius 2 is 1.82 bits per heavy atom. The first-order valence-corrected chi connectivity index (χ1v) is 10.5. The summed E-state index contributed by atoms with van der Waals surface area (Å²) in [6.07, 6.45) is 12.4. The van der Waals surface area contributed by atoms with Crippen molar-refractivity contribution in [1.82, 2.24) is 20.0 Å². The second kappa shape index (κ2) is 8.32. The maximum Gasteiger partial charge on any atom is 0.241 e. The predicted octanol–water partition coefficient (Wildman–Crippen LogP) is 1.67. The molecule has 2 heterocycles. The van der Waals surface area contributed by atoms with E-state index in [1.54, 1.807) is 12.4 Å². The van der Waals surface area contributed by atoms with Crippen molar-refractivity contribution in [3.05, 3.63) is 12.4 Å². The van der Waals surface area contributed by atoms with Crippen LogP contribution in [0.15, 0.2) is 12.4 Å². The predicted molar refractivity (Wildman–Crippen MR) is 103 cm³/mol. The summed E-state index contributed by atoms with van der Waals surface area (Å²) < 4.78 is 1.53. The summed E-state index contributed by atoms with van der Waals surface area (Å²) in [7, 11) is 0. The molecular formula is C20H29N5O3. The summed E-state index contributed by atoms with van der Waals surface area (Å²) in [6.45, 7) is 0.650. The minimum absolute atomic E-state index is 0.0542. The molecule has 28 heavy (non-hydrogen) atoms. The molecule has 0 radical (unpaired) electrons. The lowest BCUT2D eigenvalue weighted by atomic mass is 10.1. The number of hydrogen-bond donors (Lipinski definition) is 2. The summed E-state index contributed by atoms with van der Waals surface area (Å²) in [6, 6.07) is 0.594. The number of carbonyl (C=O) groups is 3. The van der Waals surface area contributed by atoms with Crippen LogP contribution in [0.4, 0.5) is 5.69 Å². The van der Waals surface area contributed by atoms with Crippen molar-refractivity contribution in [2.75, 3.05) is 11.9 Å². The molecule has 2 saturated carbocycles. The molecule has 1 unspecified atom stereocenters. The van der Waals surface area contributed by atoms with E-state index >= 15 is 0 Å². The largest absolute Gasteiger partial charge is 0.352 e. The smallest absolute Gasteiger partial charge is 0.241 e. The minimum atomic E-state index is -0.317. The highest BCUT2D eigenvalue weighted by Gasteiger charge is 2.38. The maximum atomic E-state index is 12.6. The number of hydrogen-bond acceptors (Lipinski definition) is 4. The van der Waals surface area contributed by atoms with Crippen molar-refractivity contribution in [3.8, 4) is 0 Å². The van der Waals surface area contributed by atoms with Crippen LogP contribution in [0.3, 0.4) is 0 Å². The molecule has 4 rings (SSSR count). The van der Waals surface area contributed by atoms with Gasteiger partial charge in [0.25, 0.3) is 0 Å². The Balaban J connectivity index is 1.27. The van der Waals surface area contributed by atoms with E-state index < -0.39 is 0 Å². The van der Waals surface area contributed by atoms with Gasteiger partial charge in [0.2, 0.25) is 17.7 Å². The van der Waals surface area contributed by atoms with Crippen LogP contribution in [-0.4, -0.2) is 51.0 Å². The molecule has 3 fully saturated rings. The van der Waals surface area contributed by atoms with Crippen LogP contribution in [0, 0.1) is 5.92 Å². The Kier molecular flexibility index (Phi) is 5.64. The number of anilines is 1. The molecule has 0 spiro atoms. The van der Waals surface area contributed by atoms with E-state index in [0.29, 0.717) is 18.3 Å². The molecule has 8 heteroatoms. The lowest BCUT2D eigenvalue weighted by Gasteiger charge is -2.23. The van der Waals surface area contributed by atoms with Crippen LogP contribution < -0.4 is 10.6 Å². The monoisotopic (exact) mass is 387 g/mol. The summed E-state index contributed by atoms with van der Waals surface area (Å²) >= 11 is 0. The third kappa shape index (κ3) is 4.36. The van der Waals surface area contributed by atoms with Crippen LogP contribution >= 0.6 is 0 Å². The topological polar surface area (TPSA) is 96.3 Å². The van der Waals surface area contributed by atoms with Gasteiger partial charge in [-0.15, -0.1) is 0 Å². The zero-order valence-electron chi connectivity index (χ0n) is 16.2. The van der Waals surface area contributed by atoms with Gasteiger partial charge in [0.05, 0.1) is 17.8 Å². The second-order valence-electron chi connectivity index (χ2n) is 8.35. The molecular weight excluding hydrogens is 358 g/mol. The van der Waals surface area contributed by atoms with Crippen molar-refractivity contribution in [2.45, 2.75) is 76.4 Å². The molecule has 1 aromatic rings. The SMILES string of the molecule is O=C(Cn1cc(NC(=O)C2CC(=O)N(C3CCCC3)C2)cn1)NC1CCCC1. The Morgan fingerprint density at radius 3 is 2.57 bits per heavy atom. The molecule has 0 bridgehead atoms. The third-order valence-corrected chi connectivity index (χ3v) is 6.22. The van der Waals surface area contributed by atoms with Crippen LogP contribution in [-0.2, 0) is 20.9 Å². The number of likely N-dealkylation sites (tertiary alicyclic amines) is 1. The zero-order chi connectivity index (χ0) is 19.5. The van der Waals surface area contributed by atoms with E-state index in [-0.39, 0.29) is 42.6 Å². The molecule has 3 amide bonds. The molecule has 1 aromatic heterocycles. The fourth-order valence-electron chi connectivity index (χ4n) is 4.73. The van der Waals surface area contributed by atoms with Gasteiger partial charge in [0.15, 0.2) is 0 Å².